The molecule has 2 aliphatic rings. The zero-order valence-electron chi connectivity index (χ0n) is 16.0. The maximum atomic E-state index is 11.6. The van der Waals surface area contributed by atoms with Crippen molar-refractivity contribution in [3.63, 3.8) is 0 Å². The van der Waals surface area contributed by atoms with E-state index in [2.05, 4.69) is 38.4 Å². The number of nitrogens with zero attached hydrogens (tertiary/aromatic N) is 3. The van der Waals surface area contributed by atoms with E-state index in [1.54, 1.807) is 11.3 Å². The summed E-state index contributed by atoms with van der Waals surface area (Å²) in [7, 11) is 0. The van der Waals surface area contributed by atoms with Gasteiger partial charge in [-0.1, -0.05) is 18.2 Å². The fraction of sp³-hybridized carbons (Fsp3) is 0.409. The van der Waals surface area contributed by atoms with Crippen molar-refractivity contribution in [1.82, 2.24) is 9.97 Å². The smallest absolute Gasteiger partial charge is 0.308 e. The summed E-state index contributed by atoms with van der Waals surface area (Å²) in [5.41, 5.74) is 5.19. The first-order valence-electron chi connectivity index (χ1n) is 10.1. The van der Waals surface area contributed by atoms with Crippen LogP contribution in [0.1, 0.15) is 36.8 Å². The summed E-state index contributed by atoms with van der Waals surface area (Å²) in [5.74, 6) is -0.357. The highest BCUT2D eigenvalue weighted by molar-refractivity contribution is 7.17. The third-order valence-electron chi connectivity index (χ3n) is 6.12. The Bertz CT molecular complexity index is 1100. The zero-order chi connectivity index (χ0) is 20.0. The topological polar surface area (TPSA) is 66.3 Å². The molecule has 5 nitrogen and oxygen atoms in total. The maximum Gasteiger partial charge on any atom is 0.308 e. The van der Waals surface area contributed by atoms with E-state index in [0.717, 1.165) is 47.4 Å². The number of rotatable bonds is 3. The molecule has 1 aromatic carbocycles. The second-order valence-electron chi connectivity index (χ2n) is 7.96. The van der Waals surface area contributed by atoms with Crippen LogP contribution in [0.5, 0.6) is 0 Å². The van der Waals surface area contributed by atoms with E-state index < -0.39 is 5.97 Å². The lowest BCUT2D eigenvalue weighted by Gasteiger charge is -2.32. The van der Waals surface area contributed by atoms with Crippen LogP contribution < -0.4 is 4.90 Å². The van der Waals surface area contributed by atoms with Gasteiger partial charge in [-0.2, -0.15) is 4.98 Å². The molecule has 3 aromatic rings. The van der Waals surface area contributed by atoms with E-state index in [1.165, 1.54) is 29.5 Å². The van der Waals surface area contributed by atoms with Crippen molar-refractivity contribution in [2.24, 2.45) is 5.92 Å². The Morgan fingerprint density at radius 3 is 2.83 bits per heavy atom. The summed E-state index contributed by atoms with van der Waals surface area (Å²) in [4.78, 5) is 23.5. The number of piperidine rings is 1. The highest BCUT2D eigenvalue weighted by Crippen LogP contribution is 2.41. The van der Waals surface area contributed by atoms with Gasteiger partial charge in [0.2, 0.25) is 5.28 Å². The summed E-state index contributed by atoms with van der Waals surface area (Å²) in [5, 5.41) is 12.8. The molecule has 0 amide bonds. The molecule has 1 N–H and O–H groups in total. The number of carbonyl (C=O) groups is 1. The summed E-state index contributed by atoms with van der Waals surface area (Å²) >= 11 is 7.80. The van der Waals surface area contributed by atoms with Gasteiger partial charge in [-0.25, -0.2) is 4.98 Å². The van der Waals surface area contributed by atoms with Crippen LogP contribution in [0.3, 0.4) is 0 Å². The van der Waals surface area contributed by atoms with Gasteiger partial charge in [0.1, 0.15) is 10.6 Å². The molecule has 1 aliphatic heterocycles. The summed E-state index contributed by atoms with van der Waals surface area (Å²) in [6.07, 6.45) is 6.34. The van der Waals surface area contributed by atoms with Crippen molar-refractivity contribution in [2.75, 3.05) is 18.0 Å². The summed E-state index contributed by atoms with van der Waals surface area (Å²) < 4.78 is 0. The van der Waals surface area contributed by atoms with Crippen LogP contribution in [0, 0.1) is 5.92 Å². The molecular formula is C22H22ClN3O2S. The number of fused-ring (bicyclic) bond motifs is 2. The van der Waals surface area contributed by atoms with Crippen molar-refractivity contribution in [1.29, 1.82) is 0 Å². The molecule has 5 rings (SSSR count). The third kappa shape index (κ3) is 3.49. The molecule has 1 aliphatic carbocycles. The van der Waals surface area contributed by atoms with E-state index in [-0.39, 0.29) is 11.2 Å². The van der Waals surface area contributed by atoms with Crippen LogP contribution in [0.25, 0.3) is 21.3 Å². The molecule has 1 saturated heterocycles. The van der Waals surface area contributed by atoms with Gasteiger partial charge in [-0.15, -0.1) is 11.3 Å². The molecule has 3 heterocycles. The van der Waals surface area contributed by atoms with Crippen molar-refractivity contribution in [2.45, 2.75) is 38.5 Å². The molecule has 2 aromatic heterocycles. The molecule has 0 spiro atoms. The van der Waals surface area contributed by atoms with E-state index >= 15 is 0 Å². The minimum absolute atomic E-state index is 0.212. The van der Waals surface area contributed by atoms with Gasteiger partial charge in [0.05, 0.1) is 11.3 Å². The van der Waals surface area contributed by atoms with Crippen LogP contribution in [-0.4, -0.2) is 34.1 Å². The number of thiophene rings is 1. The van der Waals surface area contributed by atoms with E-state index in [9.17, 15) is 9.90 Å². The van der Waals surface area contributed by atoms with Crippen LogP contribution in [0.4, 0.5) is 5.82 Å². The third-order valence-corrected chi connectivity index (χ3v) is 7.16. The molecule has 1 atom stereocenters. The van der Waals surface area contributed by atoms with Gasteiger partial charge in [0.15, 0.2) is 0 Å². The monoisotopic (exact) mass is 427 g/mol. The molecule has 0 bridgehead atoms. The molecule has 7 heteroatoms. The molecule has 1 fully saturated rings. The zero-order valence-corrected chi connectivity index (χ0v) is 17.6. The van der Waals surface area contributed by atoms with Gasteiger partial charge >= 0.3 is 5.97 Å². The standard InChI is InChI=1S/C22H22ClN3O2S/c23-22-24-19(26-9-3-6-16(11-26)21(27)28)18-17(12-29-20(18)25-22)15-8-7-13-4-1-2-5-14(13)10-15/h7-8,10,12,16H,1-6,9,11H2,(H,27,28). The minimum Gasteiger partial charge on any atom is -0.481 e. The Balaban J connectivity index is 1.62. The lowest BCUT2D eigenvalue weighted by molar-refractivity contribution is -0.141. The Kier molecular flexibility index (Phi) is 4.92. The number of carboxylic acid groups (broad SMARTS) is 1. The van der Waals surface area contributed by atoms with Gasteiger partial charge in [-0.3, -0.25) is 4.79 Å². The number of halogens is 1. The lowest BCUT2D eigenvalue weighted by Crippen LogP contribution is -2.39. The molecule has 0 saturated carbocycles. The Morgan fingerprint density at radius 1 is 1.17 bits per heavy atom. The average molecular weight is 428 g/mol. The number of aliphatic carboxylic acids is 1. The number of aryl methyl sites for hydroxylation is 2. The van der Waals surface area contributed by atoms with Gasteiger partial charge in [0, 0.05) is 24.0 Å². The van der Waals surface area contributed by atoms with Crippen LogP contribution >= 0.6 is 22.9 Å². The predicted molar refractivity (Wildman–Crippen MR) is 117 cm³/mol. The van der Waals surface area contributed by atoms with Crippen molar-refractivity contribution < 1.29 is 9.90 Å². The van der Waals surface area contributed by atoms with Gasteiger partial charge < -0.3 is 10.0 Å². The molecule has 0 radical (unpaired) electrons. The van der Waals surface area contributed by atoms with E-state index in [0.29, 0.717) is 13.0 Å². The van der Waals surface area contributed by atoms with Crippen molar-refractivity contribution in [3.8, 4) is 11.1 Å². The van der Waals surface area contributed by atoms with E-state index in [1.807, 2.05) is 0 Å². The lowest BCUT2D eigenvalue weighted by atomic mass is 9.89. The van der Waals surface area contributed by atoms with Gasteiger partial charge in [-0.05, 0) is 66.8 Å². The second kappa shape index (κ2) is 7.58. The number of carboxylic acids is 1. The first kappa shape index (κ1) is 18.8. The summed E-state index contributed by atoms with van der Waals surface area (Å²) in [6.45, 7) is 1.24. The van der Waals surface area contributed by atoms with Crippen LogP contribution in [-0.2, 0) is 17.6 Å². The average Bonchev–Trinajstić information content (AvgIpc) is 3.16. The number of benzene rings is 1. The molecule has 1 unspecified atom stereocenters. The Hall–Kier alpha value is -2.18. The molecular weight excluding hydrogens is 406 g/mol. The maximum absolute atomic E-state index is 11.6. The Labute approximate surface area is 178 Å². The summed E-state index contributed by atoms with van der Waals surface area (Å²) in [6, 6.07) is 6.76. The normalized spacial score (nSPS) is 19.3. The first-order valence-corrected chi connectivity index (χ1v) is 11.4. The fourth-order valence-corrected chi connectivity index (χ4v) is 5.77. The quantitative estimate of drug-likeness (QED) is 0.582. The number of hydrogen-bond acceptors (Lipinski definition) is 5. The SMILES string of the molecule is O=C(O)C1CCCN(c2nc(Cl)nc3scc(-c4ccc5c(c4)CCCC5)c23)C1. The number of anilines is 1. The van der Waals surface area contributed by atoms with E-state index in [4.69, 9.17) is 11.6 Å². The van der Waals surface area contributed by atoms with Gasteiger partial charge in [0.25, 0.3) is 0 Å². The first-order chi connectivity index (χ1) is 14.1. The van der Waals surface area contributed by atoms with Crippen LogP contribution in [0.2, 0.25) is 5.28 Å². The van der Waals surface area contributed by atoms with Crippen LogP contribution in [0.15, 0.2) is 23.6 Å². The van der Waals surface area contributed by atoms with Crippen molar-refractivity contribution in [3.05, 3.63) is 40.0 Å². The molecule has 29 heavy (non-hydrogen) atoms. The minimum atomic E-state index is -0.744. The highest BCUT2D eigenvalue weighted by Gasteiger charge is 2.28. The largest absolute Gasteiger partial charge is 0.481 e. The predicted octanol–water partition coefficient (Wildman–Crippen LogP) is 5.19. The highest BCUT2D eigenvalue weighted by atomic mass is 35.5. The Morgan fingerprint density at radius 2 is 2.00 bits per heavy atom. The second-order valence-corrected chi connectivity index (χ2v) is 9.16. The number of aromatic nitrogens is 2. The molecule has 150 valence electrons. The number of hydrogen-bond donors (Lipinski definition) is 1. The van der Waals surface area contributed by atoms with Crippen molar-refractivity contribution >= 4 is 44.9 Å². The fourth-order valence-electron chi connectivity index (χ4n) is 4.61.